The van der Waals surface area contributed by atoms with E-state index in [9.17, 15) is 0 Å². The monoisotopic (exact) mass is 275 g/mol. The quantitative estimate of drug-likeness (QED) is 0.323. The fraction of sp³-hybridized carbons (Fsp3) is 0.467. The minimum Gasteiger partial charge on any atom is -0.396 e. The third-order valence-electron chi connectivity index (χ3n) is 2.90. The Morgan fingerprint density at radius 2 is 2.15 bits per heavy atom. The van der Waals surface area contributed by atoms with Gasteiger partial charge in [-0.05, 0) is 23.9 Å². The predicted molar refractivity (Wildman–Crippen MR) is 79.1 cm³/mol. The maximum absolute atomic E-state index is 8.77. The van der Waals surface area contributed by atoms with Crippen LogP contribution in [0.5, 0.6) is 0 Å². The van der Waals surface area contributed by atoms with Gasteiger partial charge in [0.1, 0.15) is 0 Å². The van der Waals surface area contributed by atoms with Crippen LogP contribution in [0.1, 0.15) is 25.3 Å². The van der Waals surface area contributed by atoms with Crippen LogP contribution in [-0.2, 0) is 11.3 Å². The molecule has 1 aromatic rings. The first kappa shape index (κ1) is 16.2. The molecular weight excluding hydrogens is 254 g/mol. The van der Waals surface area contributed by atoms with E-state index in [4.69, 9.17) is 15.4 Å². The van der Waals surface area contributed by atoms with Gasteiger partial charge in [0.25, 0.3) is 0 Å². The molecule has 0 aliphatic rings. The van der Waals surface area contributed by atoms with E-state index in [2.05, 4.69) is 10.0 Å². The molecule has 0 unspecified atom stereocenters. The number of ether oxygens (including phenoxy) is 1. The van der Waals surface area contributed by atoms with Gasteiger partial charge < -0.3 is 9.84 Å². The summed E-state index contributed by atoms with van der Waals surface area (Å²) < 4.78 is 5.84. The molecule has 5 heteroatoms. The van der Waals surface area contributed by atoms with E-state index in [1.807, 2.05) is 43.3 Å². The number of azide groups is 1. The number of benzene rings is 1. The van der Waals surface area contributed by atoms with Crippen molar-refractivity contribution in [3.8, 4) is 0 Å². The van der Waals surface area contributed by atoms with Crippen LogP contribution in [-0.4, -0.2) is 23.9 Å². The molecule has 0 saturated carbocycles. The molecule has 0 aromatic heterocycles. The fourth-order valence-corrected chi connectivity index (χ4v) is 1.84. The van der Waals surface area contributed by atoms with Crippen molar-refractivity contribution in [2.75, 3.05) is 6.61 Å². The summed E-state index contributed by atoms with van der Waals surface area (Å²) in [6.07, 6.45) is 4.75. The molecule has 0 heterocycles. The predicted octanol–water partition coefficient (Wildman–Crippen LogP) is 3.60. The van der Waals surface area contributed by atoms with Gasteiger partial charge in [-0.25, -0.2) is 0 Å². The van der Waals surface area contributed by atoms with E-state index in [1.165, 1.54) is 0 Å². The van der Waals surface area contributed by atoms with Crippen molar-refractivity contribution in [2.45, 2.75) is 38.5 Å². The highest BCUT2D eigenvalue weighted by atomic mass is 16.5. The molecule has 0 saturated heterocycles. The Kier molecular flexibility index (Phi) is 8.15. The van der Waals surface area contributed by atoms with E-state index in [0.717, 1.165) is 12.0 Å². The molecular formula is C15H21N3O2. The molecule has 0 aliphatic carbocycles. The van der Waals surface area contributed by atoms with Crippen LogP contribution in [0, 0.1) is 0 Å². The topological polar surface area (TPSA) is 78.2 Å². The molecule has 2 atom stereocenters. The van der Waals surface area contributed by atoms with Crippen molar-refractivity contribution in [3.05, 3.63) is 58.5 Å². The first-order chi connectivity index (χ1) is 9.81. The van der Waals surface area contributed by atoms with E-state index < -0.39 is 0 Å². The highest BCUT2D eigenvalue weighted by Crippen LogP contribution is 2.13. The van der Waals surface area contributed by atoms with Crippen molar-refractivity contribution >= 4 is 0 Å². The molecule has 1 aromatic carbocycles. The summed E-state index contributed by atoms with van der Waals surface area (Å²) in [5.74, 6) is 0. The Balaban J connectivity index is 2.62. The van der Waals surface area contributed by atoms with Crippen LogP contribution in [0.2, 0.25) is 0 Å². The van der Waals surface area contributed by atoms with Crippen LogP contribution >= 0.6 is 0 Å². The maximum atomic E-state index is 8.77. The van der Waals surface area contributed by atoms with E-state index in [-0.39, 0.29) is 18.8 Å². The summed E-state index contributed by atoms with van der Waals surface area (Å²) >= 11 is 0. The van der Waals surface area contributed by atoms with Crippen molar-refractivity contribution in [3.63, 3.8) is 0 Å². The normalized spacial score (nSPS) is 13.9. The third-order valence-corrected chi connectivity index (χ3v) is 2.90. The molecule has 20 heavy (non-hydrogen) atoms. The minimum absolute atomic E-state index is 0.0845. The molecule has 1 rings (SSSR count). The highest BCUT2D eigenvalue weighted by Gasteiger charge is 2.16. The zero-order chi connectivity index (χ0) is 14.6. The molecule has 0 fully saturated rings. The molecule has 0 bridgehead atoms. The van der Waals surface area contributed by atoms with Crippen LogP contribution in [0.3, 0.4) is 0 Å². The minimum atomic E-state index is -0.347. The van der Waals surface area contributed by atoms with E-state index >= 15 is 0 Å². The average Bonchev–Trinajstić information content (AvgIpc) is 2.49. The maximum Gasteiger partial charge on any atom is 0.0817 e. The van der Waals surface area contributed by atoms with Crippen LogP contribution in [0.4, 0.5) is 0 Å². The van der Waals surface area contributed by atoms with Gasteiger partial charge in [0.15, 0.2) is 0 Å². The summed E-state index contributed by atoms with van der Waals surface area (Å²) in [6.45, 7) is 2.57. The number of rotatable bonds is 9. The molecule has 0 radical (unpaired) electrons. The first-order valence-corrected chi connectivity index (χ1v) is 6.79. The second-order valence-corrected chi connectivity index (χ2v) is 4.38. The molecule has 0 amide bonds. The average molecular weight is 275 g/mol. The second kappa shape index (κ2) is 10.0. The summed E-state index contributed by atoms with van der Waals surface area (Å²) in [5, 5.41) is 12.5. The summed E-state index contributed by atoms with van der Waals surface area (Å²) in [5.41, 5.74) is 9.73. The van der Waals surface area contributed by atoms with E-state index in [1.54, 1.807) is 6.08 Å². The summed E-state index contributed by atoms with van der Waals surface area (Å²) in [7, 11) is 0. The number of aliphatic hydroxyl groups excluding tert-OH is 1. The van der Waals surface area contributed by atoms with Crippen LogP contribution < -0.4 is 0 Å². The molecule has 0 spiro atoms. The number of hydrogen-bond acceptors (Lipinski definition) is 3. The Bertz CT molecular complexity index is 442. The lowest BCUT2D eigenvalue weighted by atomic mass is 10.1. The fourth-order valence-electron chi connectivity index (χ4n) is 1.84. The van der Waals surface area contributed by atoms with Gasteiger partial charge in [0, 0.05) is 11.5 Å². The van der Waals surface area contributed by atoms with Crippen molar-refractivity contribution < 1.29 is 9.84 Å². The number of nitrogens with zero attached hydrogens (tertiary/aromatic N) is 3. The molecule has 5 nitrogen and oxygen atoms in total. The third kappa shape index (κ3) is 5.89. The van der Waals surface area contributed by atoms with Gasteiger partial charge in [-0.1, -0.05) is 54.5 Å². The lowest BCUT2D eigenvalue weighted by molar-refractivity contribution is 0.0303. The lowest BCUT2D eigenvalue weighted by Gasteiger charge is -2.20. The molecule has 0 aliphatic heterocycles. The first-order valence-electron chi connectivity index (χ1n) is 6.79. The Labute approximate surface area is 119 Å². The van der Waals surface area contributed by atoms with E-state index in [0.29, 0.717) is 13.0 Å². The van der Waals surface area contributed by atoms with Gasteiger partial charge >= 0.3 is 0 Å². The zero-order valence-corrected chi connectivity index (χ0v) is 11.7. The zero-order valence-electron chi connectivity index (χ0n) is 11.7. The summed E-state index contributed by atoms with van der Waals surface area (Å²) in [4.78, 5) is 2.87. The largest absolute Gasteiger partial charge is 0.396 e. The van der Waals surface area contributed by atoms with Gasteiger partial charge in [-0.15, -0.1) is 0 Å². The number of hydrogen-bond donors (Lipinski definition) is 1. The Morgan fingerprint density at radius 3 is 2.75 bits per heavy atom. The standard InChI is InChI=1S/C15H21N3O2/c1-2-15(14(17-18-16)10-6-7-11-19)20-12-13-8-4-3-5-9-13/h3-6,8-10,14-15,19H,2,7,11-12H2,1H3/b10-6+/t14-,15+/m1/s1. The van der Waals surface area contributed by atoms with Crippen molar-refractivity contribution in [1.82, 2.24) is 0 Å². The Hall–Kier alpha value is -1.81. The lowest BCUT2D eigenvalue weighted by Crippen LogP contribution is -2.25. The van der Waals surface area contributed by atoms with Gasteiger partial charge in [-0.2, -0.15) is 0 Å². The second-order valence-electron chi connectivity index (χ2n) is 4.38. The highest BCUT2D eigenvalue weighted by molar-refractivity contribution is 5.13. The Morgan fingerprint density at radius 1 is 1.40 bits per heavy atom. The smallest absolute Gasteiger partial charge is 0.0817 e. The van der Waals surface area contributed by atoms with Crippen molar-refractivity contribution in [1.29, 1.82) is 0 Å². The van der Waals surface area contributed by atoms with Crippen molar-refractivity contribution in [2.24, 2.45) is 5.11 Å². The summed E-state index contributed by atoms with van der Waals surface area (Å²) in [6, 6.07) is 9.53. The van der Waals surface area contributed by atoms with Gasteiger partial charge in [0.2, 0.25) is 0 Å². The van der Waals surface area contributed by atoms with Gasteiger partial charge in [-0.3, -0.25) is 0 Å². The number of aliphatic hydroxyl groups is 1. The SMILES string of the molecule is CC[C@H](OCc1ccccc1)[C@@H](/C=C/CCO)N=[N+]=[N-]. The van der Waals surface area contributed by atoms with Crippen LogP contribution in [0.25, 0.3) is 10.4 Å². The molecule has 108 valence electrons. The van der Waals surface area contributed by atoms with Crippen LogP contribution in [0.15, 0.2) is 47.6 Å². The molecule has 1 N–H and O–H groups in total. The van der Waals surface area contributed by atoms with Gasteiger partial charge in [0.05, 0.1) is 18.8 Å².